The number of rotatable bonds is 7. The molecular formula is C15H22N2O3. The predicted octanol–water partition coefficient (Wildman–Crippen LogP) is 1.39. The van der Waals surface area contributed by atoms with E-state index in [0.29, 0.717) is 31.9 Å². The van der Waals surface area contributed by atoms with Gasteiger partial charge in [-0.25, -0.2) is 0 Å². The second-order valence-electron chi connectivity index (χ2n) is 4.83. The van der Waals surface area contributed by atoms with E-state index >= 15 is 0 Å². The Morgan fingerprint density at radius 2 is 1.95 bits per heavy atom. The average molecular weight is 278 g/mol. The number of anilines is 1. The third kappa shape index (κ3) is 3.49. The summed E-state index contributed by atoms with van der Waals surface area (Å²) < 4.78 is 10.1. The van der Waals surface area contributed by atoms with Gasteiger partial charge in [0.25, 0.3) is 5.91 Å². The number of hydrogen-bond donors (Lipinski definition) is 1. The Kier molecular flexibility index (Phi) is 5.38. The van der Waals surface area contributed by atoms with Gasteiger partial charge >= 0.3 is 0 Å². The number of carbonyl (C=O) groups excluding carboxylic acids is 1. The minimum Gasteiger partial charge on any atom is -0.384 e. The van der Waals surface area contributed by atoms with Crippen LogP contribution in [0.5, 0.6) is 0 Å². The summed E-state index contributed by atoms with van der Waals surface area (Å²) in [6.45, 7) is 3.15. The molecule has 0 unspecified atom stereocenters. The monoisotopic (exact) mass is 278 g/mol. The van der Waals surface area contributed by atoms with E-state index in [1.54, 1.807) is 19.1 Å². The van der Waals surface area contributed by atoms with E-state index in [1.807, 2.05) is 18.2 Å². The molecule has 110 valence electrons. The summed E-state index contributed by atoms with van der Waals surface area (Å²) in [5.41, 5.74) is 3.07. The number of hydrogen-bond acceptors (Lipinski definition) is 4. The van der Waals surface area contributed by atoms with Crippen molar-refractivity contribution in [3.8, 4) is 0 Å². The smallest absolute Gasteiger partial charge is 0.254 e. The van der Waals surface area contributed by atoms with Crippen LogP contribution in [0, 0.1) is 0 Å². The van der Waals surface area contributed by atoms with Crippen molar-refractivity contribution in [3.63, 3.8) is 0 Å². The minimum atomic E-state index is 0.0237. The van der Waals surface area contributed by atoms with Crippen molar-refractivity contribution in [2.24, 2.45) is 0 Å². The highest BCUT2D eigenvalue weighted by Gasteiger charge is 2.18. The van der Waals surface area contributed by atoms with Gasteiger partial charge in [0, 0.05) is 45.1 Å². The topological polar surface area (TPSA) is 50.8 Å². The molecule has 0 aromatic heterocycles. The lowest BCUT2D eigenvalue weighted by Gasteiger charge is -2.22. The Hall–Kier alpha value is -1.59. The van der Waals surface area contributed by atoms with Crippen LogP contribution in [-0.2, 0) is 15.9 Å². The minimum absolute atomic E-state index is 0.0237. The second-order valence-corrected chi connectivity index (χ2v) is 4.83. The van der Waals surface area contributed by atoms with Gasteiger partial charge in [0.2, 0.25) is 0 Å². The van der Waals surface area contributed by atoms with Crippen LogP contribution in [0.4, 0.5) is 5.69 Å². The number of nitrogens with zero attached hydrogens (tertiary/aromatic N) is 1. The van der Waals surface area contributed by atoms with E-state index in [1.165, 1.54) is 5.56 Å². The van der Waals surface area contributed by atoms with Gasteiger partial charge in [0.1, 0.15) is 0 Å². The van der Waals surface area contributed by atoms with Crippen molar-refractivity contribution in [2.45, 2.75) is 6.42 Å². The zero-order valence-corrected chi connectivity index (χ0v) is 12.1. The van der Waals surface area contributed by atoms with Gasteiger partial charge in [-0.2, -0.15) is 0 Å². The number of ether oxygens (including phenoxy) is 2. The first kappa shape index (κ1) is 14.8. The molecule has 1 N–H and O–H groups in total. The quantitative estimate of drug-likeness (QED) is 0.819. The van der Waals surface area contributed by atoms with Crippen molar-refractivity contribution < 1.29 is 14.3 Å². The van der Waals surface area contributed by atoms with Gasteiger partial charge in [0.05, 0.1) is 13.2 Å². The maximum absolute atomic E-state index is 12.5. The number of benzene rings is 1. The first-order valence-electron chi connectivity index (χ1n) is 6.90. The Morgan fingerprint density at radius 3 is 2.60 bits per heavy atom. The fourth-order valence-electron chi connectivity index (χ4n) is 2.32. The zero-order valence-electron chi connectivity index (χ0n) is 12.1. The van der Waals surface area contributed by atoms with E-state index in [0.717, 1.165) is 18.7 Å². The van der Waals surface area contributed by atoms with Crippen LogP contribution in [0.2, 0.25) is 0 Å². The molecule has 0 spiro atoms. The maximum Gasteiger partial charge on any atom is 0.254 e. The summed E-state index contributed by atoms with van der Waals surface area (Å²) in [6, 6.07) is 5.88. The number of methoxy groups -OCH3 is 2. The molecule has 20 heavy (non-hydrogen) atoms. The number of fused-ring (bicyclic) bond motifs is 1. The van der Waals surface area contributed by atoms with Gasteiger partial charge in [-0.3, -0.25) is 4.79 Å². The van der Waals surface area contributed by atoms with Crippen molar-refractivity contribution in [1.29, 1.82) is 0 Å². The highest BCUT2D eigenvalue weighted by Crippen LogP contribution is 2.23. The molecule has 0 atom stereocenters. The third-order valence-electron chi connectivity index (χ3n) is 3.48. The van der Waals surface area contributed by atoms with Crippen LogP contribution >= 0.6 is 0 Å². The SMILES string of the molecule is COCCN(CCOC)C(=O)c1ccc2c(c1)NCC2. The summed E-state index contributed by atoms with van der Waals surface area (Å²) in [7, 11) is 3.27. The molecule has 2 rings (SSSR count). The average Bonchev–Trinajstić information content (AvgIpc) is 2.94. The summed E-state index contributed by atoms with van der Waals surface area (Å²) >= 11 is 0. The highest BCUT2D eigenvalue weighted by atomic mass is 16.5. The molecule has 5 nitrogen and oxygen atoms in total. The molecular weight excluding hydrogens is 256 g/mol. The number of carbonyl (C=O) groups is 1. The summed E-state index contributed by atoms with van der Waals surface area (Å²) in [5.74, 6) is 0.0237. The molecule has 1 aliphatic heterocycles. The van der Waals surface area contributed by atoms with Gasteiger partial charge in [0.15, 0.2) is 0 Å². The zero-order chi connectivity index (χ0) is 14.4. The molecule has 0 bridgehead atoms. The fourth-order valence-corrected chi connectivity index (χ4v) is 2.32. The summed E-state index contributed by atoms with van der Waals surface area (Å²) in [5, 5.41) is 3.30. The van der Waals surface area contributed by atoms with Crippen molar-refractivity contribution in [3.05, 3.63) is 29.3 Å². The Morgan fingerprint density at radius 1 is 1.25 bits per heavy atom. The van der Waals surface area contributed by atoms with Crippen LogP contribution in [-0.4, -0.2) is 57.9 Å². The third-order valence-corrected chi connectivity index (χ3v) is 3.48. The lowest BCUT2D eigenvalue weighted by Crippen LogP contribution is -2.36. The predicted molar refractivity (Wildman–Crippen MR) is 78.3 cm³/mol. The summed E-state index contributed by atoms with van der Waals surface area (Å²) in [4.78, 5) is 14.3. The molecule has 0 saturated heterocycles. The van der Waals surface area contributed by atoms with E-state index < -0.39 is 0 Å². The van der Waals surface area contributed by atoms with E-state index in [9.17, 15) is 4.79 Å². The van der Waals surface area contributed by atoms with Gasteiger partial charge < -0.3 is 19.7 Å². The lowest BCUT2D eigenvalue weighted by molar-refractivity contribution is 0.0627. The van der Waals surface area contributed by atoms with Crippen molar-refractivity contribution in [2.75, 3.05) is 52.4 Å². The molecule has 1 aromatic carbocycles. The molecule has 0 radical (unpaired) electrons. The molecule has 0 saturated carbocycles. The van der Waals surface area contributed by atoms with Gasteiger partial charge in [-0.1, -0.05) is 6.07 Å². The Labute approximate surface area is 119 Å². The molecule has 0 fully saturated rings. The second kappa shape index (κ2) is 7.26. The molecule has 5 heteroatoms. The Bertz CT molecular complexity index is 454. The highest BCUT2D eigenvalue weighted by molar-refractivity contribution is 5.95. The van der Waals surface area contributed by atoms with Crippen LogP contribution < -0.4 is 5.32 Å². The lowest BCUT2D eigenvalue weighted by atomic mass is 10.1. The molecule has 1 heterocycles. The first-order chi connectivity index (χ1) is 9.76. The molecule has 0 aliphatic carbocycles. The standard InChI is InChI=1S/C15H22N2O3/c1-19-9-7-17(8-10-20-2)15(18)13-4-3-12-5-6-16-14(12)11-13/h3-4,11,16H,5-10H2,1-2H3. The van der Waals surface area contributed by atoms with Crippen LogP contribution in [0.1, 0.15) is 15.9 Å². The number of amides is 1. The van der Waals surface area contributed by atoms with Crippen molar-refractivity contribution >= 4 is 11.6 Å². The molecule has 1 amide bonds. The molecule has 1 aromatic rings. The van der Waals surface area contributed by atoms with Crippen molar-refractivity contribution in [1.82, 2.24) is 4.90 Å². The fraction of sp³-hybridized carbons (Fsp3) is 0.533. The van der Waals surface area contributed by atoms with Gasteiger partial charge in [-0.15, -0.1) is 0 Å². The molecule has 1 aliphatic rings. The van der Waals surface area contributed by atoms with Crippen LogP contribution in [0.3, 0.4) is 0 Å². The number of nitrogens with one attached hydrogen (secondary N) is 1. The van der Waals surface area contributed by atoms with Crippen LogP contribution in [0.25, 0.3) is 0 Å². The van der Waals surface area contributed by atoms with E-state index in [-0.39, 0.29) is 5.91 Å². The van der Waals surface area contributed by atoms with Gasteiger partial charge in [-0.05, 0) is 24.1 Å². The first-order valence-corrected chi connectivity index (χ1v) is 6.90. The Balaban J connectivity index is 2.09. The van der Waals surface area contributed by atoms with E-state index in [4.69, 9.17) is 9.47 Å². The maximum atomic E-state index is 12.5. The van der Waals surface area contributed by atoms with Crippen LogP contribution in [0.15, 0.2) is 18.2 Å². The normalized spacial score (nSPS) is 12.9. The van der Waals surface area contributed by atoms with E-state index in [2.05, 4.69) is 5.32 Å². The largest absolute Gasteiger partial charge is 0.384 e. The summed E-state index contributed by atoms with van der Waals surface area (Å²) in [6.07, 6.45) is 1.03.